The predicted molar refractivity (Wildman–Crippen MR) is 91.0 cm³/mol. The number of hydrogen-bond acceptors (Lipinski definition) is 3. The fraction of sp³-hybridized carbons (Fsp3) is 0.294. The van der Waals surface area contributed by atoms with Gasteiger partial charge in [0.2, 0.25) is 0 Å². The molecule has 4 heteroatoms. The molecule has 1 atom stereocenters. The van der Waals surface area contributed by atoms with E-state index in [1.165, 1.54) is 19.8 Å². The molecule has 0 aliphatic heterocycles. The van der Waals surface area contributed by atoms with E-state index < -0.39 is 0 Å². The highest BCUT2D eigenvalue weighted by molar-refractivity contribution is 7.26. The molecular weight excluding hydrogens is 301 g/mol. The summed E-state index contributed by atoms with van der Waals surface area (Å²) in [6, 6.07) is 9.84. The molecule has 2 aromatic heterocycles. The Kier molecular flexibility index (Phi) is 4.38. The second-order valence-electron chi connectivity index (χ2n) is 5.18. The monoisotopic (exact) mass is 319 g/mol. The minimum atomic E-state index is -0.159. The zero-order chi connectivity index (χ0) is 14.8. The van der Waals surface area contributed by atoms with E-state index in [1.54, 1.807) is 23.5 Å². The Hall–Kier alpha value is -1.23. The normalized spacial score (nSPS) is 12.9. The number of nitrogens with one attached hydrogen (secondary N) is 1. The quantitative estimate of drug-likeness (QED) is 0.672. The summed E-state index contributed by atoms with van der Waals surface area (Å²) >= 11 is 3.64. The van der Waals surface area contributed by atoms with Crippen molar-refractivity contribution in [3.05, 3.63) is 57.5 Å². The van der Waals surface area contributed by atoms with Crippen LogP contribution in [0, 0.1) is 12.7 Å². The number of rotatable bonds is 5. The third-order valence-corrected chi connectivity index (χ3v) is 5.89. The summed E-state index contributed by atoms with van der Waals surface area (Å²) < 4.78 is 16.0. The van der Waals surface area contributed by atoms with Crippen LogP contribution in [0.15, 0.2) is 35.7 Å². The number of benzene rings is 1. The van der Waals surface area contributed by atoms with Crippen LogP contribution in [0.2, 0.25) is 0 Å². The largest absolute Gasteiger partial charge is 0.309 e. The first-order chi connectivity index (χ1) is 10.2. The molecule has 0 aliphatic rings. The SMILES string of the molecule is CCNC(Cc1ccc(F)cc1C)c1cc2sccc2s1. The molecule has 0 spiro atoms. The molecule has 0 radical (unpaired) electrons. The van der Waals surface area contributed by atoms with E-state index in [2.05, 4.69) is 29.8 Å². The van der Waals surface area contributed by atoms with Crippen molar-refractivity contribution in [1.29, 1.82) is 0 Å². The average molecular weight is 319 g/mol. The van der Waals surface area contributed by atoms with Crippen molar-refractivity contribution < 1.29 is 4.39 Å². The van der Waals surface area contributed by atoms with E-state index in [9.17, 15) is 4.39 Å². The van der Waals surface area contributed by atoms with Crippen LogP contribution in [0.1, 0.15) is 29.0 Å². The molecule has 3 rings (SSSR count). The van der Waals surface area contributed by atoms with Crippen LogP contribution in [0.5, 0.6) is 0 Å². The lowest BCUT2D eigenvalue weighted by Crippen LogP contribution is -2.22. The van der Waals surface area contributed by atoms with E-state index in [0.717, 1.165) is 18.5 Å². The third kappa shape index (κ3) is 3.18. The van der Waals surface area contributed by atoms with Crippen LogP contribution in [0.25, 0.3) is 9.40 Å². The molecule has 1 nitrogen and oxygen atoms in total. The fourth-order valence-electron chi connectivity index (χ4n) is 2.58. The second kappa shape index (κ2) is 6.26. The Labute approximate surface area is 132 Å². The van der Waals surface area contributed by atoms with Gasteiger partial charge >= 0.3 is 0 Å². The van der Waals surface area contributed by atoms with Crippen molar-refractivity contribution >= 4 is 32.1 Å². The number of hydrogen-bond donors (Lipinski definition) is 1. The second-order valence-corrected chi connectivity index (χ2v) is 7.25. The summed E-state index contributed by atoms with van der Waals surface area (Å²) in [6.07, 6.45) is 0.897. The topological polar surface area (TPSA) is 12.0 Å². The first kappa shape index (κ1) is 14.7. The van der Waals surface area contributed by atoms with Crippen molar-refractivity contribution in [2.75, 3.05) is 6.54 Å². The van der Waals surface area contributed by atoms with Gasteiger partial charge in [-0.15, -0.1) is 22.7 Å². The smallest absolute Gasteiger partial charge is 0.123 e. The lowest BCUT2D eigenvalue weighted by atomic mass is 10.00. The standard InChI is InChI=1S/C17H18FNS2/c1-3-19-14(9-12-4-5-13(18)8-11(12)2)16-10-17-15(21-16)6-7-20-17/h4-8,10,14,19H,3,9H2,1-2H3. The molecule has 1 aromatic carbocycles. The molecule has 110 valence electrons. The van der Waals surface area contributed by atoms with Gasteiger partial charge in [0.05, 0.1) is 0 Å². The van der Waals surface area contributed by atoms with Gasteiger partial charge in [-0.2, -0.15) is 0 Å². The van der Waals surface area contributed by atoms with Gasteiger partial charge in [0.15, 0.2) is 0 Å². The van der Waals surface area contributed by atoms with E-state index >= 15 is 0 Å². The maximum absolute atomic E-state index is 13.2. The van der Waals surface area contributed by atoms with Crippen molar-refractivity contribution in [3.8, 4) is 0 Å². The maximum Gasteiger partial charge on any atom is 0.123 e. The van der Waals surface area contributed by atoms with Gasteiger partial charge < -0.3 is 5.32 Å². The zero-order valence-corrected chi connectivity index (χ0v) is 13.8. The molecule has 0 amide bonds. The number of likely N-dealkylation sites (N-methyl/N-ethyl adjacent to an activating group) is 1. The number of thiophene rings is 2. The van der Waals surface area contributed by atoms with Crippen LogP contribution in [0.3, 0.4) is 0 Å². The first-order valence-electron chi connectivity index (χ1n) is 7.12. The number of aryl methyl sites for hydroxylation is 1. The van der Waals surface area contributed by atoms with Gasteiger partial charge in [-0.05, 0) is 60.7 Å². The Morgan fingerprint density at radius 1 is 1.19 bits per heavy atom. The average Bonchev–Trinajstić information content (AvgIpc) is 3.02. The van der Waals surface area contributed by atoms with Gasteiger partial charge in [0, 0.05) is 20.3 Å². The van der Waals surface area contributed by atoms with Crippen LogP contribution >= 0.6 is 22.7 Å². The highest BCUT2D eigenvalue weighted by Gasteiger charge is 2.16. The lowest BCUT2D eigenvalue weighted by Gasteiger charge is -2.17. The van der Waals surface area contributed by atoms with E-state index in [0.29, 0.717) is 6.04 Å². The molecule has 0 bridgehead atoms. The Morgan fingerprint density at radius 2 is 2.05 bits per heavy atom. The highest BCUT2D eigenvalue weighted by Crippen LogP contribution is 2.34. The predicted octanol–water partition coefficient (Wildman–Crippen LogP) is 5.30. The maximum atomic E-state index is 13.2. The summed E-state index contributed by atoms with van der Waals surface area (Å²) in [7, 11) is 0. The summed E-state index contributed by atoms with van der Waals surface area (Å²) in [6.45, 7) is 5.03. The Balaban J connectivity index is 1.88. The fourth-order valence-corrected chi connectivity index (χ4v) is 4.78. The van der Waals surface area contributed by atoms with Crippen molar-refractivity contribution in [1.82, 2.24) is 5.32 Å². The zero-order valence-electron chi connectivity index (χ0n) is 12.2. The molecule has 21 heavy (non-hydrogen) atoms. The summed E-state index contributed by atoms with van der Waals surface area (Å²) in [4.78, 5) is 1.36. The Morgan fingerprint density at radius 3 is 2.76 bits per heavy atom. The highest BCUT2D eigenvalue weighted by atomic mass is 32.1. The van der Waals surface area contributed by atoms with Crippen LogP contribution in [-0.2, 0) is 6.42 Å². The van der Waals surface area contributed by atoms with Gasteiger partial charge in [0.1, 0.15) is 5.82 Å². The molecule has 0 aliphatic carbocycles. The lowest BCUT2D eigenvalue weighted by molar-refractivity contribution is 0.556. The molecule has 0 saturated heterocycles. The van der Waals surface area contributed by atoms with Gasteiger partial charge in [-0.3, -0.25) is 0 Å². The molecule has 0 fully saturated rings. The van der Waals surface area contributed by atoms with Crippen LogP contribution in [-0.4, -0.2) is 6.54 Å². The van der Waals surface area contributed by atoms with E-state index in [1.807, 2.05) is 24.3 Å². The van der Waals surface area contributed by atoms with Gasteiger partial charge in [0.25, 0.3) is 0 Å². The number of halogens is 1. The minimum Gasteiger partial charge on any atom is -0.309 e. The summed E-state index contributed by atoms with van der Waals surface area (Å²) in [5.74, 6) is -0.159. The molecule has 0 saturated carbocycles. The van der Waals surface area contributed by atoms with Gasteiger partial charge in [-0.25, -0.2) is 4.39 Å². The molecule has 1 N–H and O–H groups in total. The van der Waals surface area contributed by atoms with E-state index in [4.69, 9.17) is 0 Å². The molecule has 1 unspecified atom stereocenters. The van der Waals surface area contributed by atoms with Crippen LogP contribution in [0.4, 0.5) is 4.39 Å². The van der Waals surface area contributed by atoms with Crippen molar-refractivity contribution in [2.24, 2.45) is 0 Å². The van der Waals surface area contributed by atoms with Crippen LogP contribution < -0.4 is 5.32 Å². The summed E-state index contributed by atoms with van der Waals surface area (Å²) in [5, 5.41) is 5.70. The number of fused-ring (bicyclic) bond motifs is 1. The summed E-state index contributed by atoms with van der Waals surface area (Å²) in [5.41, 5.74) is 2.23. The van der Waals surface area contributed by atoms with Crippen molar-refractivity contribution in [2.45, 2.75) is 26.3 Å². The van der Waals surface area contributed by atoms with Crippen molar-refractivity contribution in [3.63, 3.8) is 0 Å². The third-order valence-electron chi connectivity index (χ3n) is 3.68. The molecule has 2 heterocycles. The van der Waals surface area contributed by atoms with E-state index in [-0.39, 0.29) is 5.82 Å². The molecular formula is C17H18FNS2. The first-order valence-corrected chi connectivity index (χ1v) is 8.82. The minimum absolute atomic E-state index is 0.159. The Bertz CT molecular complexity index is 716. The molecule has 3 aromatic rings. The van der Waals surface area contributed by atoms with Gasteiger partial charge in [-0.1, -0.05) is 13.0 Å².